The molecule has 2 aromatic rings. The van der Waals surface area contributed by atoms with E-state index in [1.54, 1.807) is 23.0 Å². The molecule has 1 aliphatic heterocycles. The van der Waals surface area contributed by atoms with Gasteiger partial charge in [0.05, 0.1) is 6.26 Å². The molecule has 3 rings (SSSR count). The molecule has 0 unspecified atom stereocenters. The van der Waals surface area contributed by atoms with Crippen molar-refractivity contribution in [1.82, 2.24) is 9.80 Å². The molecule has 1 aromatic heterocycles. The van der Waals surface area contributed by atoms with Gasteiger partial charge < -0.3 is 14.2 Å². The zero-order chi connectivity index (χ0) is 15.5. The van der Waals surface area contributed by atoms with Gasteiger partial charge in [0.1, 0.15) is 0 Å². The van der Waals surface area contributed by atoms with E-state index in [-0.39, 0.29) is 11.8 Å². The summed E-state index contributed by atoms with van der Waals surface area (Å²) in [5.41, 5.74) is 1.77. The van der Waals surface area contributed by atoms with Crippen molar-refractivity contribution in [2.45, 2.75) is 6.92 Å². The van der Waals surface area contributed by atoms with Crippen LogP contribution in [0.4, 0.5) is 0 Å². The Hall–Kier alpha value is -2.56. The second kappa shape index (κ2) is 6.05. The summed E-state index contributed by atoms with van der Waals surface area (Å²) < 4.78 is 5.44. The van der Waals surface area contributed by atoms with E-state index in [1.807, 2.05) is 36.4 Å². The smallest absolute Gasteiger partial charge is 0.290 e. The van der Waals surface area contributed by atoms with Crippen LogP contribution >= 0.6 is 0 Å². The topological polar surface area (TPSA) is 53.8 Å². The minimum Gasteiger partial charge on any atom is -0.459 e. The van der Waals surface area contributed by atoms with Crippen molar-refractivity contribution in [2.75, 3.05) is 26.2 Å². The molecule has 0 saturated carbocycles. The van der Waals surface area contributed by atoms with Crippen LogP contribution in [0.3, 0.4) is 0 Å². The van der Waals surface area contributed by atoms with Gasteiger partial charge in [-0.05, 0) is 11.6 Å². The van der Waals surface area contributed by atoms with E-state index in [0.29, 0.717) is 31.9 Å². The quantitative estimate of drug-likeness (QED) is 0.854. The van der Waals surface area contributed by atoms with E-state index in [1.165, 1.54) is 0 Å². The van der Waals surface area contributed by atoms with Crippen molar-refractivity contribution in [1.29, 1.82) is 0 Å². The molecule has 0 bridgehead atoms. The number of furan rings is 1. The van der Waals surface area contributed by atoms with Gasteiger partial charge in [-0.2, -0.15) is 0 Å². The van der Waals surface area contributed by atoms with Gasteiger partial charge >= 0.3 is 0 Å². The first kappa shape index (κ1) is 14.4. The molecular formula is C17H18N2O3. The highest BCUT2D eigenvalue weighted by Gasteiger charge is 2.27. The number of piperazine rings is 1. The maximum Gasteiger partial charge on any atom is 0.290 e. The third-order valence-corrected chi connectivity index (χ3v) is 3.96. The fourth-order valence-electron chi connectivity index (χ4n) is 2.69. The Bertz CT molecular complexity index is 670. The molecule has 114 valence electrons. The number of hydrogen-bond donors (Lipinski definition) is 0. The van der Waals surface area contributed by atoms with Crippen molar-refractivity contribution in [3.05, 3.63) is 48.4 Å². The highest BCUT2D eigenvalue weighted by atomic mass is 16.3. The minimum atomic E-state index is -0.118. The molecule has 1 saturated heterocycles. The van der Waals surface area contributed by atoms with Crippen LogP contribution < -0.4 is 0 Å². The fourth-order valence-corrected chi connectivity index (χ4v) is 2.69. The Morgan fingerprint density at radius 2 is 1.59 bits per heavy atom. The Morgan fingerprint density at radius 1 is 0.955 bits per heavy atom. The predicted octanol–water partition coefficient (Wildman–Crippen LogP) is 2.25. The summed E-state index contributed by atoms with van der Waals surface area (Å²) in [5.74, 6) is 0.296. The number of hydrogen-bond acceptors (Lipinski definition) is 3. The van der Waals surface area contributed by atoms with E-state index in [0.717, 1.165) is 11.1 Å². The van der Waals surface area contributed by atoms with Crippen molar-refractivity contribution in [3.63, 3.8) is 0 Å². The molecule has 0 spiro atoms. The second-order valence-corrected chi connectivity index (χ2v) is 5.33. The molecule has 5 heteroatoms. The average Bonchev–Trinajstić information content (AvgIpc) is 3.04. The molecule has 0 aliphatic carbocycles. The van der Waals surface area contributed by atoms with Gasteiger partial charge in [-0.3, -0.25) is 9.59 Å². The van der Waals surface area contributed by atoms with Gasteiger partial charge in [0.2, 0.25) is 5.91 Å². The Morgan fingerprint density at radius 3 is 2.23 bits per heavy atom. The maximum atomic E-state index is 12.7. The maximum absolute atomic E-state index is 12.7. The summed E-state index contributed by atoms with van der Waals surface area (Å²) in [6.45, 7) is 3.77. The first-order chi connectivity index (χ1) is 10.7. The van der Waals surface area contributed by atoms with Crippen LogP contribution in [0.1, 0.15) is 17.5 Å². The van der Waals surface area contributed by atoms with Crippen LogP contribution in [0.25, 0.3) is 11.1 Å². The van der Waals surface area contributed by atoms with Crippen LogP contribution in [-0.2, 0) is 4.79 Å². The lowest BCUT2D eigenvalue weighted by molar-refractivity contribution is -0.130. The van der Waals surface area contributed by atoms with E-state index < -0.39 is 0 Å². The van der Waals surface area contributed by atoms with Crippen LogP contribution in [0.5, 0.6) is 0 Å². The highest BCUT2D eigenvalue weighted by molar-refractivity contribution is 5.98. The second-order valence-electron chi connectivity index (χ2n) is 5.33. The largest absolute Gasteiger partial charge is 0.459 e. The van der Waals surface area contributed by atoms with Crippen molar-refractivity contribution < 1.29 is 14.0 Å². The van der Waals surface area contributed by atoms with Gasteiger partial charge in [-0.25, -0.2) is 0 Å². The van der Waals surface area contributed by atoms with Crippen LogP contribution in [0.2, 0.25) is 0 Å². The molecule has 5 nitrogen and oxygen atoms in total. The number of carbonyl (C=O) groups is 2. The standard InChI is InChI=1S/C17H18N2O3/c1-13(20)18-8-10-19(11-9-18)17(21)16-15(7-12-22-16)14-5-3-2-4-6-14/h2-7,12H,8-11H2,1H3. The Balaban J connectivity index is 1.77. The molecule has 2 heterocycles. The number of benzene rings is 1. The first-order valence-electron chi connectivity index (χ1n) is 7.34. The van der Waals surface area contributed by atoms with E-state index in [2.05, 4.69) is 0 Å². The molecule has 0 atom stereocenters. The van der Waals surface area contributed by atoms with Gasteiger partial charge in [-0.15, -0.1) is 0 Å². The van der Waals surface area contributed by atoms with Gasteiger partial charge in [0.15, 0.2) is 5.76 Å². The van der Waals surface area contributed by atoms with Crippen molar-refractivity contribution >= 4 is 11.8 Å². The highest BCUT2D eigenvalue weighted by Crippen LogP contribution is 2.26. The van der Waals surface area contributed by atoms with Crippen LogP contribution in [-0.4, -0.2) is 47.8 Å². The van der Waals surface area contributed by atoms with E-state index >= 15 is 0 Å². The summed E-state index contributed by atoms with van der Waals surface area (Å²) in [4.78, 5) is 27.5. The number of rotatable bonds is 2. The van der Waals surface area contributed by atoms with Crippen molar-refractivity contribution in [3.8, 4) is 11.1 Å². The number of carbonyl (C=O) groups excluding carboxylic acids is 2. The van der Waals surface area contributed by atoms with Gasteiger partial charge in [0, 0.05) is 38.7 Å². The SMILES string of the molecule is CC(=O)N1CCN(C(=O)c2occc2-c2ccccc2)CC1. The number of amides is 2. The summed E-state index contributed by atoms with van der Waals surface area (Å²) in [5, 5.41) is 0. The molecular weight excluding hydrogens is 280 g/mol. The van der Waals surface area contributed by atoms with Crippen LogP contribution in [0.15, 0.2) is 47.1 Å². The summed E-state index contributed by atoms with van der Waals surface area (Å²) >= 11 is 0. The fraction of sp³-hybridized carbons (Fsp3) is 0.294. The van der Waals surface area contributed by atoms with Crippen molar-refractivity contribution in [2.24, 2.45) is 0 Å². The Kier molecular flexibility index (Phi) is 3.96. The number of nitrogens with zero attached hydrogens (tertiary/aromatic N) is 2. The lowest BCUT2D eigenvalue weighted by atomic mass is 10.1. The molecule has 2 amide bonds. The predicted molar refractivity (Wildman–Crippen MR) is 82.3 cm³/mol. The van der Waals surface area contributed by atoms with E-state index in [4.69, 9.17) is 4.42 Å². The molecule has 22 heavy (non-hydrogen) atoms. The average molecular weight is 298 g/mol. The third-order valence-electron chi connectivity index (χ3n) is 3.96. The normalized spacial score (nSPS) is 15.0. The molecule has 0 radical (unpaired) electrons. The zero-order valence-corrected chi connectivity index (χ0v) is 12.5. The molecule has 1 aromatic carbocycles. The zero-order valence-electron chi connectivity index (χ0n) is 12.5. The minimum absolute atomic E-state index is 0.0510. The van der Waals surface area contributed by atoms with Gasteiger partial charge in [0.25, 0.3) is 5.91 Å². The van der Waals surface area contributed by atoms with Gasteiger partial charge in [-0.1, -0.05) is 30.3 Å². The molecule has 1 aliphatic rings. The summed E-state index contributed by atoms with van der Waals surface area (Å²) in [6, 6.07) is 11.5. The lowest BCUT2D eigenvalue weighted by Crippen LogP contribution is -2.50. The lowest BCUT2D eigenvalue weighted by Gasteiger charge is -2.33. The van der Waals surface area contributed by atoms with Crippen LogP contribution in [0, 0.1) is 0 Å². The summed E-state index contributed by atoms with van der Waals surface area (Å²) in [6.07, 6.45) is 1.54. The molecule has 0 N–H and O–H groups in total. The van der Waals surface area contributed by atoms with E-state index in [9.17, 15) is 9.59 Å². The monoisotopic (exact) mass is 298 g/mol. The Labute approximate surface area is 129 Å². The first-order valence-corrected chi connectivity index (χ1v) is 7.34. The molecule has 1 fully saturated rings. The third kappa shape index (κ3) is 2.74. The summed E-state index contributed by atoms with van der Waals surface area (Å²) in [7, 11) is 0.